The Kier molecular flexibility index (Phi) is 5.54. The van der Waals surface area contributed by atoms with Gasteiger partial charge in [0.2, 0.25) is 5.91 Å². The standard InChI is InChI=1S/C21H29N5O3/c1-15-6-7-17(22-13-15)23-18(27)16-5-4-10-25(14-16)11-12-26-19(28)21(24-20(26)29)8-2-3-9-21/h6-7,13,16H,2-5,8-12,14H2,1H3,(H,24,29)(H,22,23,27). The number of pyridine rings is 1. The molecule has 0 radical (unpaired) electrons. The van der Waals surface area contributed by atoms with E-state index in [0.717, 1.165) is 50.6 Å². The van der Waals surface area contributed by atoms with Gasteiger partial charge in [-0.05, 0) is 50.8 Å². The first-order valence-corrected chi connectivity index (χ1v) is 10.6. The van der Waals surface area contributed by atoms with Gasteiger partial charge in [0.15, 0.2) is 0 Å². The Labute approximate surface area is 171 Å². The van der Waals surface area contributed by atoms with Crippen molar-refractivity contribution in [3.63, 3.8) is 0 Å². The zero-order valence-corrected chi connectivity index (χ0v) is 16.9. The Morgan fingerprint density at radius 2 is 2.03 bits per heavy atom. The SMILES string of the molecule is Cc1ccc(NC(=O)C2CCCN(CCN3C(=O)NC4(CCCC4)C3=O)C2)nc1. The average molecular weight is 399 g/mol. The average Bonchev–Trinajstić information content (AvgIpc) is 3.28. The first-order chi connectivity index (χ1) is 14.0. The zero-order valence-electron chi connectivity index (χ0n) is 16.9. The number of carbonyl (C=O) groups is 3. The quantitative estimate of drug-likeness (QED) is 0.738. The van der Waals surface area contributed by atoms with Crippen LogP contribution < -0.4 is 10.6 Å². The van der Waals surface area contributed by atoms with E-state index < -0.39 is 5.54 Å². The first kappa shape index (κ1) is 19.8. The molecule has 4 rings (SSSR count). The Hall–Kier alpha value is -2.48. The number of anilines is 1. The molecule has 2 N–H and O–H groups in total. The number of nitrogens with one attached hydrogen (secondary N) is 2. The number of amides is 4. The molecule has 1 aromatic heterocycles. The van der Waals surface area contributed by atoms with Crippen molar-refractivity contribution in [2.24, 2.45) is 5.92 Å². The Balaban J connectivity index is 1.30. The maximum atomic E-state index is 12.8. The van der Waals surface area contributed by atoms with Gasteiger partial charge in [0.1, 0.15) is 11.4 Å². The van der Waals surface area contributed by atoms with Crippen molar-refractivity contribution < 1.29 is 14.4 Å². The van der Waals surface area contributed by atoms with Crippen LogP contribution in [0, 0.1) is 12.8 Å². The second kappa shape index (κ2) is 8.10. The van der Waals surface area contributed by atoms with E-state index in [9.17, 15) is 14.4 Å². The molecule has 4 amide bonds. The number of likely N-dealkylation sites (tertiary alicyclic amines) is 1. The van der Waals surface area contributed by atoms with Gasteiger partial charge < -0.3 is 15.5 Å². The highest BCUT2D eigenvalue weighted by Gasteiger charge is 2.52. The van der Waals surface area contributed by atoms with Gasteiger partial charge in [-0.15, -0.1) is 0 Å². The Morgan fingerprint density at radius 3 is 2.76 bits per heavy atom. The number of carbonyl (C=O) groups excluding carboxylic acids is 3. The van der Waals surface area contributed by atoms with Gasteiger partial charge in [-0.3, -0.25) is 14.5 Å². The van der Waals surface area contributed by atoms with E-state index in [0.29, 0.717) is 25.5 Å². The summed E-state index contributed by atoms with van der Waals surface area (Å²) in [6.07, 6.45) is 6.94. The molecule has 1 aliphatic carbocycles. The second-order valence-electron chi connectivity index (χ2n) is 8.53. The van der Waals surface area contributed by atoms with Gasteiger partial charge in [-0.25, -0.2) is 9.78 Å². The second-order valence-corrected chi connectivity index (χ2v) is 8.53. The molecule has 8 nitrogen and oxygen atoms in total. The molecule has 3 heterocycles. The number of rotatable bonds is 5. The van der Waals surface area contributed by atoms with E-state index in [-0.39, 0.29) is 23.8 Å². The normalized spacial score (nSPS) is 24.2. The van der Waals surface area contributed by atoms with Crippen LogP contribution in [0.1, 0.15) is 44.1 Å². The molecular formula is C21H29N5O3. The highest BCUT2D eigenvalue weighted by molar-refractivity contribution is 6.07. The molecule has 1 saturated carbocycles. The molecular weight excluding hydrogens is 370 g/mol. The maximum Gasteiger partial charge on any atom is 0.325 e. The van der Waals surface area contributed by atoms with Gasteiger partial charge in [0.05, 0.1) is 5.92 Å². The lowest BCUT2D eigenvalue weighted by molar-refractivity contribution is -0.131. The first-order valence-electron chi connectivity index (χ1n) is 10.6. The van der Waals surface area contributed by atoms with Crippen molar-refractivity contribution in [3.8, 4) is 0 Å². The molecule has 156 valence electrons. The Morgan fingerprint density at radius 1 is 1.24 bits per heavy atom. The summed E-state index contributed by atoms with van der Waals surface area (Å²) in [4.78, 5) is 45.5. The predicted octanol–water partition coefficient (Wildman–Crippen LogP) is 1.91. The summed E-state index contributed by atoms with van der Waals surface area (Å²) in [5.41, 5.74) is 0.398. The third kappa shape index (κ3) is 4.12. The van der Waals surface area contributed by atoms with E-state index >= 15 is 0 Å². The van der Waals surface area contributed by atoms with Crippen LogP contribution in [0.3, 0.4) is 0 Å². The van der Waals surface area contributed by atoms with E-state index in [1.807, 2.05) is 19.1 Å². The molecule has 0 aromatic carbocycles. The summed E-state index contributed by atoms with van der Waals surface area (Å²) in [5, 5.41) is 5.82. The highest BCUT2D eigenvalue weighted by atomic mass is 16.2. The van der Waals surface area contributed by atoms with Crippen LogP contribution in [0.15, 0.2) is 18.3 Å². The monoisotopic (exact) mass is 399 g/mol. The van der Waals surface area contributed by atoms with E-state index in [2.05, 4.69) is 20.5 Å². The molecule has 1 unspecified atom stereocenters. The smallest absolute Gasteiger partial charge is 0.323 e. The summed E-state index contributed by atoms with van der Waals surface area (Å²) in [6.45, 7) is 4.44. The largest absolute Gasteiger partial charge is 0.325 e. The fourth-order valence-corrected chi connectivity index (χ4v) is 4.68. The number of aryl methyl sites for hydroxylation is 1. The van der Waals surface area contributed by atoms with Crippen molar-refractivity contribution in [3.05, 3.63) is 23.9 Å². The zero-order chi connectivity index (χ0) is 20.4. The van der Waals surface area contributed by atoms with Crippen LogP contribution in [0.2, 0.25) is 0 Å². The lowest BCUT2D eigenvalue weighted by atomic mass is 9.97. The van der Waals surface area contributed by atoms with Crippen molar-refractivity contribution in [2.75, 3.05) is 31.5 Å². The molecule has 3 fully saturated rings. The number of piperidine rings is 1. The molecule has 1 atom stereocenters. The molecule has 1 spiro atoms. The number of hydrogen-bond donors (Lipinski definition) is 2. The minimum Gasteiger partial charge on any atom is -0.323 e. The molecule has 3 aliphatic rings. The van der Waals surface area contributed by atoms with Crippen LogP contribution in [0.4, 0.5) is 10.6 Å². The molecule has 29 heavy (non-hydrogen) atoms. The van der Waals surface area contributed by atoms with E-state index in [4.69, 9.17) is 0 Å². The summed E-state index contributed by atoms with van der Waals surface area (Å²) in [6, 6.07) is 3.46. The highest BCUT2D eigenvalue weighted by Crippen LogP contribution is 2.35. The van der Waals surface area contributed by atoms with Gasteiger partial charge in [0.25, 0.3) is 5.91 Å². The lowest BCUT2D eigenvalue weighted by Gasteiger charge is -2.32. The summed E-state index contributed by atoms with van der Waals surface area (Å²) < 4.78 is 0. The molecule has 0 bridgehead atoms. The number of urea groups is 1. The maximum absolute atomic E-state index is 12.8. The van der Waals surface area contributed by atoms with Crippen molar-refractivity contribution >= 4 is 23.7 Å². The van der Waals surface area contributed by atoms with Crippen molar-refractivity contribution in [1.82, 2.24) is 20.1 Å². The van der Waals surface area contributed by atoms with Crippen LogP contribution in [-0.4, -0.2) is 64.3 Å². The topological polar surface area (TPSA) is 94.6 Å². The number of nitrogens with zero attached hydrogens (tertiary/aromatic N) is 3. The summed E-state index contributed by atoms with van der Waals surface area (Å²) in [5.74, 6) is 0.359. The van der Waals surface area contributed by atoms with Crippen molar-refractivity contribution in [2.45, 2.75) is 51.0 Å². The van der Waals surface area contributed by atoms with Gasteiger partial charge in [0, 0.05) is 25.8 Å². The summed E-state index contributed by atoms with van der Waals surface area (Å²) in [7, 11) is 0. The third-order valence-corrected chi connectivity index (χ3v) is 6.38. The minimum atomic E-state index is -0.650. The van der Waals surface area contributed by atoms with Crippen LogP contribution in [-0.2, 0) is 9.59 Å². The van der Waals surface area contributed by atoms with Crippen LogP contribution >= 0.6 is 0 Å². The summed E-state index contributed by atoms with van der Waals surface area (Å²) >= 11 is 0. The molecule has 8 heteroatoms. The van der Waals surface area contributed by atoms with Crippen LogP contribution in [0.5, 0.6) is 0 Å². The van der Waals surface area contributed by atoms with Gasteiger partial charge in [-0.1, -0.05) is 18.9 Å². The molecule has 2 saturated heterocycles. The fourth-order valence-electron chi connectivity index (χ4n) is 4.68. The van der Waals surface area contributed by atoms with Crippen molar-refractivity contribution in [1.29, 1.82) is 0 Å². The fraction of sp³-hybridized carbons (Fsp3) is 0.619. The predicted molar refractivity (Wildman–Crippen MR) is 108 cm³/mol. The minimum absolute atomic E-state index is 0.0223. The third-order valence-electron chi connectivity index (χ3n) is 6.38. The molecule has 1 aromatic rings. The van der Waals surface area contributed by atoms with Gasteiger partial charge >= 0.3 is 6.03 Å². The lowest BCUT2D eigenvalue weighted by Crippen LogP contribution is -2.46. The molecule has 2 aliphatic heterocycles. The van der Waals surface area contributed by atoms with Gasteiger partial charge in [-0.2, -0.15) is 0 Å². The van der Waals surface area contributed by atoms with Crippen LogP contribution in [0.25, 0.3) is 0 Å². The van der Waals surface area contributed by atoms with E-state index in [1.54, 1.807) is 6.20 Å². The van der Waals surface area contributed by atoms with E-state index in [1.165, 1.54) is 4.90 Å². The number of aromatic nitrogens is 1. The number of imide groups is 1. The Bertz CT molecular complexity index is 788. The number of hydrogen-bond acceptors (Lipinski definition) is 5.